The quantitative estimate of drug-likeness (QED) is 0.808. The van der Waals surface area contributed by atoms with Gasteiger partial charge in [-0.15, -0.1) is 0 Å². The van der Waals surface area contributed by atoms with Crippen molar-refractivity contribution in [3.63, 3.8) is 0 Å². The van der Waals surface area contributed by atoms with Crippen LogP contribution in [0.2, 0.25) is 0 Å². The number of benzene rings is 1. The van der Waals surface area contributed by atoms with Gasteiger partial charge in [-0.1, -0.05) is 6.07 Å². The van der Waals surface area contributed by atoms with Gasteiger partial charge in [-0.05, 0) is 50.5 Å². The lowest BCUT2D eigenvalue weighted by Crippen LogP contribution is -2.33. The monoisotopic (exact) mass is 420 g/mol. The van der Waals surface area contributed by atoms with Crippen LogP contribution in [0.1, 0.15) is 41.8 Å². The second-order valence-corrected chi connectivity index (χ2v) is 8.07. The van der Waals surface area contributed by atoms with Crippen LogP contribution in [0.4, 0.5) is 13.2 Å². The molecule has 0 radical (unpaired) electrons. The molecular formula is C21H23F3N4O2. The van der Waals surface area contributed by atoms with Gasteiger partial charge >= 0.3 is 6.18 Å². The number of carbonyl (C=O) groups is 2. The Morgan fingerprint density at radius 1 is 1.23 bits per heavy atom. The van der Waals surface area contributed by atoms with E-state index in [1.807, 2.05) is 0 Å². The van der Waals surface area contributed by atoms with Crippen LogP contribution in [0.25, 0.3) is 5.69 Å². The number of carbonyl (C=O) groups excluding carboxylic acids is 2. The maximum absolute atomic E-state index is 13.7. The van der Waals surface area contributed by atoms with E-state index in [1.54, 1.807) is 30.9 Å². The first-order chi connectivity index (χ1) is 14.1. The maximum Gasteiger partial charge on any atom is 0.416 e. The molecule has 2 amide bonds. The first kappa shape index (κ1) is 20.4. The molecule has 30 heavy (non-hydrogen) atoms. The molecule has 1 aromatic carbocycles. The molecule has 0 bridgehead atoms. The van der Waals surface area contributed by atoms with Crippen molar-refractivity contribution in [1.82, 2.24) is 20.0 Å². The molecule has 2 fully saturated rings. The van der Waals surface area contributed by atoms with Crippen molar-refractivity contribution in [2.75, 3.05) is 6.54 Å². The number of likely N-dealkylation sites (tertiary alicyclic amines) is 1. The Bertz CT molecular complexity index is 995. The molecular weight excluding hydrogens is 397 g/mol. The third-order valence-electron chi connectivity index (χ3n) is 5.62. The number of aryl methyl sites for hydroxylation is 2. The minimum absolute atomic E-state index is 0.0236. The Labute approximate surface area is 172 Å². The molecule has 1 aliphatic heterocycles. The van der Waals surface area contributed by atoms with E-state index in [0.29, 0.717) is 17.9 Å². The number of aromatic nitrogens is 2. The highest BCUT2D eigenvalue weighted by Gasteiger charge is 2.42. The lowest BCUT2D eigenvalue weighted by molar-refractivity contribution is -0.138. The number of hydrogen-bond acceptors (Lipinski definition) is 3. The summed E-state index contributed by atoms with van der Waals surface area (Å²) in [5.41, 5.74) is 0.917. The van der Waals surface area contributed by atoms with E-state index in [0.717, 1.165) is 24.6 Å². The van der Waals surface area contributed by atoms with E-state index in [2.05, 4.69) is 10.4 Å². The molecule has 1 saturated carbocycles. The maximum atomic E-state index is 13.7. The second-order valence-electron chi connectivity index (χ2n) is 8.07. The van der Waals surface area contributed by atoms with Gasteiger partial charge < -0.3 is 10.2 Å². The van der Waals surface area contributed by atoms with Crippen molar-refractivity contribution in [2.24, 2.45) is 5.92 Å². The van der Waals surface area contributed by atoms with E-state index < -0.39 is 17.7 Å². The molecule has 9 heteroatoms. The fourth-order valence-electron chi connectivity index (χ4n) is 3.98. The summed E-state index contributed by atoms with van der Waals surface area (Å²) in [7, 11) is 0. The highest BCUT2D eigenvalue weighted by molar-refractivity contribution is 5.89. The van der Waals surface area contributed by atoms with Crippen LogP contribution in [0, 0.1) is 19.8 Å². The Kier molecular flexibility index (Phi) is 5.07. The number of amides is 2. The Morgan fingerprint density at radius 3 is 2.57 bits per heavy atom. The number of nitrogens with one attached hydrogen (secondary N) is 1. The van der Waals surface area contributed by atoms with Crippen molar-refractivity contribution in [3.05, 3.63) is 46.8 Å². The van der Waals surface area contributed by atoms with Crippen molar-refractivity contribution < 1.29 is 22.8 Å². The molecule has 2 aliphatic rings. The number of hydrogen-bond donors (Lipinski definition) is 1. The van der Waals surface area contributed by atoms with Gasteiger partial charge in [0.1, 0.15) is 0 Å². The van der Waals surface area contributed by atoms with E-state index in [4.69, 9.17) is 0 Å². The Hall–Kier alpha value is -2.84. The van der Waals surface area contributed by atoms with Gasteiger partial charge in [-0.25, -0.2) is 4.68 Å². The molecule has 2 heterocycles. The van der Waals surface area contributed by atoms with E-state index in [9.17, 15) is 22.8 Å². The summed E-state index contributed by atoms with van der Waals surface area (Å²) in [6, 6.07) is 5.99. The molecule has 160 valence electrons. The molecule has 1 unspecified atom stereocenters. The summed E-state index contributed by atoms with van der Waals surface area (Å²) >= 11 is 0. The number of rotatable bonds is 5. The van der Waals surface area contributed by atoms with E-state index in [-0.39, 0.29) is 36.4 Å². The summed E-state index contributed by atoms with van der Waals surface area (Å²) in [6.45, 7) is 3.64. The molecule has 6 nitrogen and oxygen atoms in total. The fourth-order valence-corrected chi connectivity index (χ4v) is 3.98. The molecule has 1 N–H and O–H groups in total. The van der Waals surface area contributed by atoms with Crippen LogP contribution in [0.3, 0.4) is 0 Å². The average molecular weight is 420 g/mol. The minimum atomic E-state index is -4.57. The fraction of sp³-hybridized carbons (Fsp3) is 0.476. The summed E-state index contributed by atoms with van der Waals surface area (Å²) in [5.74, 6) is -0.952. The summed E-state index contributed by atoms with van der Waals surface area (Å²) in [5, 5.41) is 6.82. The smallest absolute Gasteiger partial charge is 0.352 e. The first-order valence-corrected chi connectivity index (χ1v) is 9.94. The summed E-state index contributed by atoms with van der Waals surface area (Å²) in [4.78, 5) is 26.2. The van der Waals surface area contributed by atoms with Crippen LogP contribution < -0.4 is 5.32 Å². The molecule has 1 aromatic heterocycles. The van der Waals surface area contributed by atoms with Gasteiger partial charge in [0, 0.05) is 31.2 Å². The zero-order valence-corrected chi connectivity index (χ0v) is 16.8. The van der Waals surface area contributed by atoms with E-state index >= 15 is 0 Å². The van der Waals surface area contributed by atoms with Crippen LogP contribution >= 0.6 is 0 Å². The van der Waals surface area contributed by atoms with Crippen molar-refractivity contribution in [2.45, 2.75) is 51.9 Å². The third-order valence-corrected chi connectivity index (χ3v) is 5.62. The molecule has 1 atom stereocenters. The number of alkyl halides is 3. The summed E-state index contributed by atoms with van der Waals surface area (Å²) < 4.78 is 42.5. The molecule has 2 aromatic rings. The van der Waals surface area contributed by atoms with Crippen molar-refractivity contribution in [1.29, 1.82) is 0 Å². The number of nitrogens with zero attached hydrogens (tertiary/aromatic N) is 3. The largest absolute Gasteiger partial charge is 0.416 e. The van der Waals surface area contributed by atoms with Crippen LogP contribution in [-0.2, 0) is 22.3 Å². The molecule has 1 aliphatic carbocycles. The van der Waals surface area contributed by atoms with Gasteiger partial charge in [0.15, 0.2) is 0 Å². The predicted octanol–water partition coefficient (Wildman–Crippen LogP) is 3.14. The SMILES string of the molecule is Cc1cc(C)n(-c2ccc(CNC(=O)C3CC(=O)N(C4CC4)C3)c(C(F)(F)F)c2)n1. The zero-order valence-electron chi connectivity index (χ0n) is 16.8. The van der Waals surface area contributed by atoms with Gasteiger partial charge in [0.05, 0.1) is 22.9 Å². The van der Waals surface area contributed by atoms with E-state index in [1.165, 1.54) is 10.7 Å². The predicted molar refractivity (Wildman–Crippen MR) is 103 cm³/mol. The average Bonchev–Trinajstić information content (AvgIpc) is 3.36. The lowest BCUT2D eigenvalue weighted by atomic mass is 10.0. The van der Waals surface area contributed by atoms with Gasteiger partial charge in [-0.2, -0.15) is 18.3 Å². The number of halogens is 3. The normalized spacial score (nSPS) is 19.4. The van der Waals surface area contributed by atoms with Gasteiger partial charge in [0.2, 0.25) is 11.8 Å². The van der Waals surface area contributed by atoms with Crippen molar-refractivity contribution >= 4 is 11.8 Å². The van der Waals surface area contributed by atoms with Crippen LogP contribution in [-0.4, -0.2) is 39.1 Å². The standard InChI is InChI=1S/C21H23F3N4O2/c1-12-7-13(2)28(26-12)17-4-3-14(18(9-17)21(22,23)24)10-25-20(30)15-8-19(29)27(11-15)16-5-6-16/h3-4,7,9,15-16H,5-6,8,10-11H2,1-2H3,(H,25,30). The third kappa shape index (κ3) is 4.06. The Balaban J connectivity index is 1.50. The lowest BCUT2D eigenvalue weighted by Gasteiger charge is -2.17. The topological polar surface area (TPSA) is 67.2 Å². The van der Waals surface area contributed by atoms with Crippen molar-refractivity contribution in [3.8, 4) is 5.69 Å². The van der Waals surface area contributed by atoms with Gasteiger partial charge in [-0.3, -0.25) is 9.59 Å². The molecule has 0 spiro atoms. The van der Waals surface area contributed by atoms with Crippen LogP contribution in [0.15, 0.2) is 24.3 Å². The first-order valence-electron chi connectivity index (χ1n) is 9.94. The minimum Gasteiger partial charge on any atom is -0.352 e. The van der Waals surface area contributed by atoms with Crippen LogP contribution in [0.5, 0.6) is 0 Å². The highest BCUT2D eigenvalue weighted by atomic mass is 19.4. The highest BCUT2D eigenvalue weighted by Crippen LogP contribution is 2.34. The molecule has 1 saturated heterocycles. The zero-order chi connectivity index (χ0) is 21.6. The van der Waals surface area contributed by atoms with Gasteiger partial charge in [0.25, 0.3) is 0 Å². The molecule has 4 rings (SSSR count). The Morgan fingerprint density at radius 2 is 1.97 bits per heavy atom. The second kappa shape index (κ2) is 7.45. The summed E-state index contributed by atoms with van der Waals surface area (Å²) in [6.07, 6.45) is -2.54.